The minimum absolute atomic E-state index is 0.0998. The van der Waals surface area contributed by atoms with Crippen LogP contribution in [0.5, 0.6) is 0 Å². The largest absolute Gasteiger partial charge is 0.380 e. The smallest absolute Gasteiger partial charge is 0.233 e. The maximum Gasteiger partial charge on any atom is 0.233 e. The Balaban J connectivity index is 2.25. The molecular weight excluding hydrogens is 230 g/mol. The van der Waals surface area contributed by atoms with Crippen LogP contribution in [-0.2, 0) is 9.53 Å². The molecule has 5 nitrogen and oxygen atoms in total. The normalized spacial score (nSPS) is 21.6. The SMILES string of the molecule is CNC(=O)CN1CCC(NC(C)C(C)OC)CC1. The van der Waals surface area contributed by atoms with Crippen molar-refractivity contribution in [2.24, 2.45) is 0 Å². The summed E-state index contributed by atoms with van der Waals surface area (Å²) in [6.45, 7) is 6.73. The van der Waals surface area contributed by atoms with Gasteiger partial charge in [-0.05, 0) is 26.7 Å². The lowest BCUT2D eigenvalue weighted by molar-refractivity contribution is -0.122. The number of nitrogens with zero attached hydrogens (tertiary/aromatic N) is 1. The minimum Gasteiger partial charge on any atom is -0.380 e. The van der Waals surface area contributed by atoms with Gasteiger partial charge in [0.05, 0.1) is 12.6 Å². The second-order valence-electron chi connectivity index (χ2n) is 5.12. The molecule has 1 saturated heterocycles. The number of hydrogen-bond acceptors (Lipinski definition) is 4. The number of methoxy groups -OCH3 is 1. The summed E-state index contributed by atoms with van der Waals surface area (Å²) >= 11 is 0. The van der Waals surface area contributed by atoms with Crippen LogP contribution in [0.2, 0.25) is 0 Å². The molecule has 5 heteroatoms. The summed E-state index contributed by atoms with van der Waals surface area (Å²) in [5.41, 5.74) is 0. The van der Waals surface area contributed by atoms with Crippen molar-refractivity contribution in [1.82, 2.24) is 15.5 Å². The average Bonchev–Trinajstić information content (AvgIpc) is 2.39. The van der Waals surface area contributed by atoms with Crippen LogP contribution in [0.1, 0.15) is 26.7 Å². The fourth-order valence-corrected chi connectivity index (χ4v) is 2.25. The molecule has 106 valence electrons. The van der Waals surface area contributed by atoms with E-state index in [0.29, 0.717) is 18.6 Å². The number of likely N-dealkylation sites (tertiary alicyclic amines) is 1. The zero-order valence-corrected chi connectivity index (χ0v) is 12.0. The number of piperidine rings is 1. The van der Waals surface area contributed by atoms with Gasteiger partial charge in [0.25, 0.3) is 0 Å². The van der Waals surface area contributed by atoms with E-state index in [1.54, 1.807) is 14.2 Å². The lowest BCUT2D eigenvalue weighted by Crippen LogP contribution is -2.49. The first kappa shape index (κ1) is 15.4. The van der Waals surface area contributed by atoms with Crippen LogP contribution in [0.3, 0.4) is 0 Å². The molecule has 0 aromatic heterocycles. The van der Waals surface area contributed by atoms with E-state index < -0.39 is 0 Å². The zero-order chi connectivity index (χ0) is 13.5. The van der Waals surface area contributed by atoms with Crippen molar-refractivity contribution in [1.29, 1.82) is 0 Å². The van der Waals surface area contributed by atoms with Crippen molar-refractivity contribution in [2.45, 2.75) is 44.9 Å². The highest BCUT2D eigenvalue weighted by Gasteiger charge is 2.22. The van der Waals surface area contributed by atoms with Crippen LogP contribution in [-0.4, -0.2) is 62.8 Å². The number of ether oxygens (including phenoxy) is 1. The van der Waals surface area contributed by atoms with Gasteiger partial charge >= 0.3 is 0 Å². The van der Waals surface area contributed by atoms with Crippen molar-refractivity contribution in [3.8, 4) is 0 Å². The Labute approximate surface area is 110 Å². The van der Waals surface area contributed by atoms with Crippen molar-refractivity contribution in [3.05, 3.63) is 0 Å². The van der Waals surface area contributed by atoms with Crippen molar-refractivity contribution in [3.63, 3.8) is 0 Å². The minimum atomic E-state index is 0.0998. The average molecular weight is 257 g/mol. The highest BCUT2D eigenvalue weighted by atomic mass is 16.5. The van der Waals surface area contributed by atoms with E-state index in [0.717, 1.165) is 25.9 Å². The summed E-state index contributed by atoms with van der Waals surface area (Å²) in [5.74, 6) is 0.0998. The van der Waals surface area contributed by atoms with Crippen LogP contribution in [0, 0.1) is 0 Å². The molecule has 2 unspecified atom stereocenters. The molecule has 18 heavy (non-hydrogen) atoms. The maximum atomic E-state index is 11.3. The van der Waals surface area contributed by atoms with Gasteiger partial charge in [0.1, 0.15) is 0 Å². The lowest BCUT2D eigenvalue weighted by Gasteiger charge is -2.34. The predicted octanol–water partition coefficient (Wildman–Crippen LogP) is 0.210. The lowest BCUT2D eigenvalue weighted by atomic mass is 10.0. The van der Waals surface area contributed by atoms with Gasteiger partial charge in [-0.1, -0.05) is 0 Å². The molecule has 0 saturated carbocycles. The van der Waals surface area contributed by atoms with E-state index >= 15 is 0 Å². The van der Waals surface area contributed by atoms with E-state index in [9.17, 15) is 4.79 Å². The summed E-state index contributed by atoms with van der Waals surface area (Å²) in [7, 11) is 3.43. The fraction of sp³-hybridized carbons (Fsp3) is 0.923. The molecule has 0 aromatic carbocycles. The van der Waals surface area contributed by atoms with Crippen molar-refractivity contribution < 1.29 is 9.53 Å². The molecule has 2 atom stereocenters. The Bertz CT molecular complexity index is 253. The van der Waals surface area contributed by atoms with Crippen LogP contribution in [0.15, 0.2) is 0 Å². The Morgan fingerprint density at radius 3 is 2.50 bits per heavy atom. The van der Waals surface area contributed by atoms with Gasteiger partial charge in [-0.25, -0.2) is 0 Å². The standard InChI is InChI=1S/C13H27N3O2/c1-10(11(2)18-4)15-12-5-7-16(8-6-12)9-13(17)14-3/h10-12,15H,5-9H2,1-4H3,(H,14,17). The first-order chi connectivity index (χ1) is 8.56. The van der Waals surface area contributed by atoms with Gasteiger partial charge in [0.15, 0.2) is 0 Å². The van der Waals surface area contributed by atoms with Crippen LogP contribution in [0.25, 0.3) is 0 Å². The van der Waals surface area contributed by atoms with Crippen LogP contribution >= 0.6 is 0 Å². The maximum absolute atomic E-state index is 11.3. The van der Waals surface area contributed by atoms with Gasteiger partial charge in [-0.3, -0.25) is 9.69 Å². The first-order valence-corrected chi connectivity index (χ1v) is 6.78. The molecule has 0 radical (unpaired) electrons. The Morgan fingerprint density at radius 2 is 2.00 bits per heavy atom. The number of nitrogens with one attached hydrogen (secondary N) is 2. The van der Waals surface area contributed by atoms with E-state index in [1.165, 1.54) is 0 Å². The molecule has 0 aromatic rings. The molecule has 0 aliphatic carbocycles. The predicted molar refractivity (Wildman–Crippen MR) is 72.6 cm³/mol. The molecule has 1 aliphatic heterocycles. The number of amides is 1. The number of carbonyl (C=O) groups is 1. The molecule has 2 N–H and O–H groups in total. The van der Waals surface area contributed by atoms with E-state index in [1.807, 2.05) is 0 Å². The number of carbonyl (C=O) groups excluding carboxylic acids is 1. The van der Waals surface area contributed by atoms with Crippen LogP contribution in [0.4, 0.5) is 0 Å². The topological polar surface area (TPSA) is 53.6 Å². The third kappa shape index (κ3) is 4.92. The molecule has 1 heterocycles. The third-order valence-electron chi connectivity index (χ3n) is 3.81. The van der Waals surface area contributed by atoms with Gasteiger partial charge in [0, 0.05) is 39.3 Å². The third-order valence-corrected chi connectivity index (χ3v) is 3.81. The summed E-state index contributed by atoms with van der Waals surface area (Å²) in [6.07, 6.45) is 2.42. The highest BCUT2D eigenvalue weighted by Crippen LogP contribution is 2.11. The summed E-state index contributed by atoms with van der Waals surface area (Å²) < 4.78 is 5.32. The molecule has 1 fully saturated rings. The highest BCUT2D eigenvalue weighted by molar-refractivity contribution is 5.77. The number of likely N-dealkylation sites (N-methyl/N-ethyl adjacent to an activating group) is 1. The molecule has 1 rings (SSSR count). The molecular formula is C13H27N3O2. The van der Waals surface area contributed by atoms with Crippen molar-refractivity contribution >= 4 is 5.91 Å². The second kappa shape index (κ2) is 7.71. The molecule has 0 spiro atoms. The Hall–Kier alpha value is -0.650. The number of rotatable bonds is 6. The van der Waals surface area contributed by atoms with Crippen LogP contribution < -0.4 is 10.6 Å². The fourth-order valence-electron chi connectivity index (χ4n) is 2.25. The van der Waals surface area contributed by atoms with E-state index in [2.05, 4.69) is 29.4 Å². The molecule has 1 amide bonds. The van der Waals surface area contributed by atoms with E-state index in [-0.39, 0.29) is 12.0 Å². The zero-order valence-electron chi connectivity index (χ0n) is 12.0. The first-order valence-electron chi connectivity index (χ1n) is 6.78. The van der Waals surface area contributed by atoms with Gasteiger partial charge in [-0.15, -0.1) is 0 Å². The van der Waals surface area contributed by atoms with Gasteiger partial charge in [-0.2, -0.15) is 0 Å². The summed E-state index contributed by atoms with van der Waals surface area (Å²) in [4.78, 5) is 13.5. The summed E-state index contributed by atoms with van der Waals surface area (Å²) in [6, 6.07) is 0.907. The number of hydrogen-bond donors (Lipinski definition) is 2. The second-order valence-corrected chi connectivity index (χ2v) is 5.12. The van der Waals surface area contributed by atoms with E-state index in [4.69, 9.17) is 4.74 Å². The van der Waals surface area contributed by atoms with Crippen molar-refractivity contribution in [2.75, 3.05) is 33.8 Å². The monoisotopic (exact) mass is 257 g/mol. The Kier molecular flexibility index (Phi) is 6.60. The molecule has 1 aliphatic rings. The van der Waals surface area contributed by atoms with Gasteiger partial charge < -0.3 is 15.4 Å². The van der Waals surface area contributed by atoms with Gasteiger partial charge in [0.2, 0.25) is 5.91 Å². The summed E-state index contributed by atoms with van der Waals surface area (Å²) in [5, 5.41) is 6.27. The molecule has 0 bridgehead atoms. The Morgan fingerprint density at radius 1 is 1.39 bits per heavy atom. The quantitative estimate of drug-likeness (QED) is 0.714.